The van der Waals surface area contributed by atoms with Gasteiger partial charge >= 0.3 is 17.9 Å². The van der Waals surface area contributed by atoms with E-state index < -0.39 is 6.10 Å². The zero-order valence-corrected chi connectivity index (χ0v) is 45.0. The van der Waals surface area contributed by atoms with E-state index in [0.717, 1.165) is 128 Å². The van der Waals surface area contributed by atoms with E-state index in [1.807, 2.05) is 0 Å². The van der Waals surface area contributed by atoms with Crippen molar-refractivity contribution in [2.75, 3.05) is 13.2 Å². The molecule has 0 N–H and O–H groups in total. The lowest BCUT2D eigenvalue weighted by atomic mass is 10.1. The van der Waals surface area contributed by atoms with Crippen molar-refractivity contribution in [3.63, 3.8) is 0 Å². The average Bonchev–Trinajstić information content (AvgIpc) is 3.35. The van der Waals surface area contributed by atoms with Crippen molar-refractivity contribution in [3.8, 4) is 0 Å². The van der Waals surface area contributed by atoms with Gasteiger partial charge in [0.15, 0.2) is 6.10 Å². The van der Waals surface area contributed by atoms with E-state index in [1.165, 1.54) is 96.3 Å². The predicted octanol–water partition coefficient (Wildman–Crippen LogP) is 19.3. The number of carbonyl (C=O) groups excluding carboxylic acids is 3. The quantitative estimate of drug-likeness (QED) is 0.0262. The number of hydrogen-bond donors (Lipinski definition) is 0. The van der Waals surface area contributed by atoms with Crippen LogP contribution < -0.4 is 0 Å². The zero-order valence-electron chi connectivity index (χ0n) is 45.0. The molecule has 0 aromatic heterocycles. The largest absolute Gasteiger partial charge is 0.462 e. The smallest absolute Gasteiger partial charge is 0.306 e. The Morgan fingerprint density at radius 3 is 0.957 bits per heavy atom. The molecule has 0 aromatic rings. The highest BCUT2D eigenvalue weighted by atomic mass is 16.6. The molecule has 0 saturated heterocycles. The highest BCUT2D eigenvalue weighted by Crippen LogP contribution is 2.14. The van der Waals surface area contributed by atoms with Gasteiger partial charge in [-0.1, -0.05) is 227 Å². The van der Waals surface area contributed by atoms with E-state index in [-0.39, 0.29) is 31.1 Å². The maximum absolute atomic E-state index is 12.8. The van der Waals surface area contributed by atoms with Crippen LogP contribution in [0.3, 0.4) is 0 Å². The van der Waals surface area contributed by atoms with Crippen LogP contribution in [-0.4, -0.2) is 37.2 Å². The van der Waals surface area contributed by atoms with Gasteiger partial charge in [-0.15, -0.1) is 0 Å². The first kappa shape index (κ1) is 65.3. The van der Waals surface area contributed by atoms with E-state index in [4.69, 9.17) is 14.2 Å². The lowest BCUT2D eigenvalue weighted by Gasteiger charge is -2.18. The molecule has 6 heteroatoms. The van der Waals surface area contributed by atoms with Gasteiger partial charge in [0, 0.05) is 19.3 Å². The summed E-state index contributed by atoms with van der Waals surface area (Å²) in [6.45, 7) is 6.43. The number of allylic oxidation sites excluding steroid dienone is 16. The van der Waals surface area contributed by atoms with Crippen molar-refractivity contribution in [3.05, 3.63) is 97.2 Å². The highest BCUT2D eigenvalue weighted by Gasteiger charge is 2.19. The molecule has 0 rings (SSSR count). The molecule has 0 bridgehead atoms. The number of hydrogen-bond acceptors (Lipinski definition) is 6. The van der Waals surface area contributed by atoms with E-state index in [9.17, 15) is 14.4 Å². The van der Waals surface area contributed by atoms with Crippen molar-refractivity contribution < 1.29 is 28.6 Å². The second-order valence-electron chi connectivity index (χ2n) is 18.8. The molecule has 0 aliphatic rings. The van der Waals surface area contributed by atoms with Crippen LogP contribution in [0.4, 0.5) is 0 Å². The third-order valence-electron chi connectivity index (χ3n) is 12.0. The van der Waals surface area contributed by atoms with E-state index >= 15 is 0 Å². The molecule has 0 saturated carbocycles. The predicted molar refractivity (Wildman–Crippen MR) is 297 cm³/mol. The summed E-state index contributed by atoms with van der Waals surface area (Å²) in [5.74, 6) is -0.914. The Balaban J connectivity index is 4.27. The third-order valence-corrected chi connectivity index (χ3v) is 12.0. The molecule has 1 unspecified atom stereocenters. The average molecular weight is 960 g/mol. The minimum Gasteiger partial charge on any atom is -0.462 e. The molecule has 0 aliphatic heterocycles. The lowest BCUT2D eigenvalue weighted by molar-refractivity contribution is -0.167. The summed E-state index contributed by atoms with van der Waals surface area (Å²) >= 11 is 0. The van der Waals surface area contributed by atoms with Gasteiger partial charge < -0.3 is 14.2 Å². The van der Waals surface area contributed by atoms with Crippen LogP contribution in [0, 0.1) is 0 Å². The fourth-order valence-electron chi connectivity index (χ4n) is 7.74. The van der Waals surface area contributed by atoms with Crippen molar-refractivity contribution in [1.29, 1.82) is 0 Å². The fourth-order valence-corrected chi connectivity index (χ4v) is 7.74. The van der Waals surface area contributed by atoms with Gasteiger partial charge in [0.2, 0.25) is 0 Å². The first-order valence-corrected chi connectivity index (χ1v) is 28.7. The summed E-state index contributed by atoms with van der Waals surface area (Å²) in [6.07, 6.45) is 75.5. The van der Waals surface area contributed by atoms with Gasteiger partial charge in [0.1, 0.15) is 13.2 Å². The van der Waals surface area contributed by atoms with E-state index in [0.29, 0.717) is 19.3 Å². The summed E-state index contributed by atoms with van der Waals surface area (Å²) in [7, 11) is 0. The molecule has 0 aliphatic carbocycles. The Morgan fingerprint density at radius 1 is 0.304 bits per heavy atom. The Morgan fingerprint density at radius 2 is 0.594 bits per heavy atom. The second-order valence-corrected chi connectivity index (χ2v) is 18.8. The molecule has 0 radical (unpaired) electrons. The topological polar surface area (TPSA) is 78.9 Å². The minimum atomic E-state index is -0.788. The van der Waals surface area contributed by atoms with Crippen LogP contribution in [0.25, 0.3) is 0 Å². The Kier molecular flexibility index (Phi) is 53.9. The summed E-state index contributed by atoms with van der Waals surface area (Å²) in [5, 5.41) is 0. The van der Waals surface area contributed by atoms with Crippen LogP contribution in [0.15, 0.2) is 97.2 Å². The van der Waals surface area contributed by atoms with E-state index in [2.05, 4.69) is 118 Å². The monoisotopic (exact) mass is 959 g/mol. The van der Waals surface area contributed by atoms with Crippen LogP contribution >= 0.6 is 0 Å². The lowest BCUT2D eigenvalue weighted by Crippen LogP contribution is -2.30. The molecule has 0 spiro atoms. The Hall–Kier alpha value is -3.67. The number of esters is 3. The standard InChI is InChI=1S/C63H106O6/c1-4-7-10-13-16-19-22-24-26-27-28-29-30-31-32-33-34-35-36-37-38-40-41-44-47-50-53-56-62(65)68-59-60(58-67-61(64)55-52-49-46-43-21-18-15-12-9-6-3)69-63(66)57-54-51-48-45-42-39-25-23-20-17-14-11-8-5-2/h7,10,12,15-16,19,23-26,28-29,31-32,34-35,60H,4-6,8-9,11,13-14,17-18,20-22,27,30,33,36-59H2,1-3H3/b10-7-,15-12-,19-16-,25-23-,26-24-,29-28-,32-31-,35-34-. The number of rotatable bonds is 51. The SMILES string of the molecule is CC/C=C\C/C=C\C/C=C\C/C=C\C/C=C\C/C=C\CCCCCCCCCCC(=O)OCC(COC(=O)CCCCCCC/C=C\CCC)OC(=O)CCCCCCC/C=C\CCCCCCC. The van der Waals surface area contributed by atoms with Gasteiger partial charge in [0.05, 0.1) is 0 Å². The van der Waals surface area contributed by atoms with Gasteiger partial charge in [-0.25, -0.2) is 0 Å². The van der Waals surface area contributed by atoms with Gasteiger partial charge in [-0.2, -0.15) is 0 Å². The normalized spacial score (nSPS) is 12.8. The van der Waals surface area contributed by atoms with Crippen molar-refractivity contribution in [2.45, 2.75) is 271 Å². The third kappa shape index (κ3) is 55.1. The summed E-state index contributed by atoms with van der Waals surface area (Å²) in [4.78, 5) is 38.0. The zero-order chi connectivity index (χ0) is 50.0. The van der Waals surface area contributed by atoms with Gasteiger partial charge in [0.25, 0.3) is 0 Å². The van der Waals surface area contributed by atoms with Gasteiger partial charge in [-0.05, 0) is 116 Å². The molecule has 69 heavy (non-hydrogen) atoms. The minimum absolute atomic E-state index is 0.0877. The number of carbonyl (C=O) groups is 3. The molecule has 0 fully saturated rings. The molecule has 6 nitrogen and oxygen atoms in total. The molecule has 0 amide bonds. The number of ether oxygens (including phenoxy) is 3. The van der Waals surface area contributed by atoms with E-state index in [1.54, 1.807) is 0 Å². The molecule has 1 atom stereocenters. The first-order valence-electron chi connectivity index (χ1n) is 28.7. The van der Waals surface area contributed by atoms with Crippen molar-refractivity contribution >= 4 is 17.9 Å². The van der Waals surface area contributed by atoms with Crippen molar-refractivity contribution in [1.82, 2.24) is 0 Å². The Labute approximate surface area is 426 Å². The molecular weight excluding hydrogens is 853 g/mol. The number of unbranched alkanes of at least 4 members (excludes halogenated alkanes) is 24. The maximum atomic E-state index is 12.8. The molecular formula is C63H106O6. The fraction of sp³-hybridized carbons (Fsp3) is 0.698. The summed E-state index contributed by atoms with van der Waals surface area (Å²) in [5.41, 5.74) is 0. The second kappa shape index (κ2) is 56.9. The van der Waals surface area contributed by atoms with Crippen molar-refractivity contribution in [2.24, 2.45) is 0 Å². The van der Waals surface area contributed by atoms with Crippen LogP contribution in [-0.2, 0) is 28.6 Å². The first-order chi connectivity index (χ1) is 34.0. The van der Waals surface area contributed by atoms with Crippen LogP contribution in [0.1, 0.15) is 265 Å². The highest BCUT2D eigenvalue weighted by molar-refractivity contribution is 5.71. The molecule has 0 heterocycles. The molecule has 0 aromatic carbocycles. The summed E-state index contributed by atoms with van der Waals surface area (Å²) < 4.78 is 16.8. The van der Waals surface area contributed by atoms with Crippen LogP contribution in [0.2, 0.25) is 0 Å². The molecule has 394 valence electrons. The Bertz CT molecular complexity index is 1380. The van der Waals surface area contributed by atoms with Crippen LogP contribution in [0.5, 0.6) is 0 Å². The van der Waals surface area contributed by atoms with Gasteiger partial charge in [-0.3, -0.25) is 14.4 Å². The summed E-state index contributed by atoms with van der Waals surface area (Å²) in [6, 6.07) is 0. The maximum Gasteiger partial charge on any atom is 0.306 e.